The van der Waals surface area contributed by atoms with Gasteiger partial charge in [-0.25, -0.2) is 0 Å². The first-order valence-corrected chi connectivity index (χ1v) is 7.87. The van der Waals surface area contributed by atoms with Crippen LogP contribution < -0.4 is 5.32 Å². The van der Waals surface area contributed by atoms with Gasteiger partial charge in [0.2, 0.25) is 5.91 Å². The molecule has 0 saturated carbocycles. The molecule has 3 heteroatoms. The van der Waals surface area contributed by atoms with Crippen LogP contribution >= 0.6 is 0 Å². The van der Waals surface area contributed by atoms with E-state index in [2.05, 4.69) is 17.2 Å². The quantitative estimate of drug-likeness (QED) is 0.863. The average molecular weight is 305 g/mol. The number of hydrogen-bond acceptors (Lipinski definition) is 2. The molecule has 0 radical (unpaired) electrons. The summed E-state index contributed by atoms with van der Waals surface area (Å²) >= 11 is 0. The summed E-state index contributed by atoms with van der Waals surface area (Å²) in [5, 5.41) is 2.99. The van der Waals surface area contributed by atoms with Gasteiger partial charge >= 0.3 is 0 Å². The maximum absolute atomic E-state index is 12.3. The molecular weight excluding hydrogens is 286 g/mol. The summed E-state index contributed by atoms with van der Waals surface area (Å²) in [6, 6.07) is 17.5. The third-order valence-corrected chi connectivity index (χ3v) is 3.85. The number of hydrogen-bond donors (Lipinski definition) is 1. The van der Waals surface area contributed by atoms with Crippen molar-refractivity contribution >= 4 is 11.6 Å². The first-order valence-electron chi connectivity index (χ1n) is 7.87. The number of carbonyl (C=O) groups is 1. The summed E-state index contributed by atoms with van der Waals surface area (Å²) in [7, 11) is 0. The Kier molecular flexibility index (Phi) is 5.08. The van der Waals surface area contributed by atoms with E-state index in [1.807, 2.05) is 54.6 Å². The lowest BCUT2D eigenvalue weighted by Crippen LogP contribution is -2.28. The van der Waals surface area contributed by atoms with Crippen molar-refractivity contribution in [2.75, 3.05) is 18.5 Å². The molecule has 0 aromatic heterocycles. The standard InChI is InChI=1S/C20H19NO2/c22-20(18-11-13-23-14-12-18)21-19-8-4-7-17(15-19)10-9-16-5-2-1-3-6-16/h1-8,15,18H,11-14H2,(H,21,22). The Morgan fingerprint density at radius 2 is 1.65 bits per heavy atom. The molecule has 3 nitrogen and oxygen atoms in total. The van der Waals surface area contributed by atoms with Crippen molar-refractivity contribution in [2.45, 2.75) is 12.8 Å². The third-order valence-electron chi connectivity index (χ3n) is 3.85. The van der Waals surface area contributed by atoms with Crippen LogP contribution in [-0.2, 0) is 9.53 Å². The van der Waals surface area contributed by atoms with Crippen molar-refractivity contribution in [3.8, 4) is 11.8 Å². The molecule has 1 amide bonds. The van der Waals surface area contributed by atoms with E-state index in [1.54, 1.807) is 0 Å². The van der Waals surface area contributed by atoms with Crippen LogP contribution in [0.25, 0.3) is 0 Å². The van der Waals surface area contributed by atoms with Crippen LogP contribution in [0.4, 0.5) is 5.69 Å². The molecule has 3 rings (SSSR count). The zero-order chi connectivity index (χ0) is 15.9. The van der Waals surface area contributed by atoms with E-state index in [4.69, 9.17) is 4.74 Å². The molecule has 116 valence electrons. The third kappa shape index (κ3) is 4.45. The van der Waals surface area contributed by atoms with Crippen molar-refractivity contribution in [3.63, 3.8) is 0 Å². The Morgan fingerprint density at radius 1 is 0.957 bits per heavy atom. The molecule has 1 fully saturated rings. The highest BCUT2D eigenvalue weighted by molar-refractivity contribution is 5.92. The predicted molar refractivity (Wildman–Crippen MR) is 91.0 cm³/mol. The Hall–Kier alpha value is -2.57. The zero-order valence-corrected chi connectivity index (χ0v) is 12.9. The van der Waals surface area contributed by atoms with Crippen LogP contribution in [0.1, 0.15) is 24.0 Å². The SMILES string of the molecule is O=C(Nc1cccc(C#Cc2ccccc2)c1)C1CCOCC1. The number of nitrogens with one attached hydrogen (secondary N) is 1. The molecule has 2 aromatic rings. The summed E-state index contributed by atoms with van der Waals surface area (Å²) in [6.07, 6.45) is 1.58. The Labute approximate surface area is 136 Å². The molecular formula is C20H19NO2. The molecule has 1 heterocycles. The molecule has 1 saturated heterocycles. The number of ether oxygens (including phenoxy) is 1. The second-order valence-corrected chi connectivity index (χ2v) is 5.57. The Balaban J connectivity index is 1.68. The van der Waals surface area contributed by atoms with Gasteiger partial charge in [-0.1, -0.05) is 36.1 Å². The van der Waals surface area contributed by atoms with Gasteiger partial charge in [-0.05, 0) is 43.2 Å². The van der Waals surface area contributed by atoms with Crippen molar-refractivity contribution < 1.29 is 9.53 Å². The van der Waals surface area contributed by atoms with Gasteiger partial charge < -0.3 is 10.1 Å². The highest BCUT2D eigenvalue weighted by Crippen LogP contribution is 2.18. The van der Waals surface area contributed by atoms with Crippen LogP contribution in [0.15, 0.2) is 54.6 Å². The minimum atomic E-state index is 0.0443. The van der Waals surface area contributed by atoms with Crippen LogP contribution in [-0.4, -0.2) is 19.1 Å². The van der Waals surface area contributed by atoms with Gasteiger partial charge in [-0.2, -0.15) is 0 Å². The normalized spacial score (nSPS) is 14.6. The van der Waals surface area contributed by atoms with Crippen molar-refractivity contribution in [2.24, 2.45) is 5.92 Å². The summed E-state index contributed by atoms with van der Waals surface area (Å²) in [5.74, 6) is 6.37. The van der Waals surface area contributed by atoms with Crippen LogP contribution in [0.3, 0.4) is 0 Å². The number of amides is 1. The molecule has 0 spiro atoms. The zero-order valence-electron chi connectivity index (χ0n) is 12.9. The maximum Gasteiger partial charge on any atom is 0.227 e. The summed E-state index contributed by atoms with van der Waals surface area (Å²) in [6.45, 7) is 1.33. The predicted octanol–water partition coefficient (Wildman–Crippen LogP) is 3.45. The molecule has 0 atom stereocenters. The maximum atomic E-state index is 12.3. The lowest BCUT2D eigenvalue weighted by molar-refractivity contribution is -0.122. The van der Waals surface area contributed by atoms with E-state index in [0.29, 0.717) is 13.2 Å². The molecule has 23 heavy (non-hydrogen) atoms. The number of anilines is 1. The molecule has 2 aromatic carbocycles. The lowest BCUT2D eigenvalue weighted by Gasteiger charge is -2.21. The molecule has 0 aliphatic carbocycles. The first-order chi connectivity index (χ1) is 11.3. The number of benzene rings is 2. The van der Waals surface area contributed by atoms with Crippen LogP contribution in [0, 0.1) is 17.8 Å². The molecule has 0 bridgehead atoms. The Bertz CT molecular complexity index is 722. The monoisotopic (exact) mass is 305 g/mol. The van der Waals surface area contributed by atoms with Crippen molar-refractivity contribution in [3.05, 3.63) is 65.7 Å². The summed E-state index contributed by atoms with van der Waals surface area (Å²) in [4.78, 5) is 12.3. The first kappa shape index (κ1) is 15.3. The van der Waals surface area contributed by atoms with E-state index >= 15 is 0 Å². The van der Waals surface area contributed by atoms with Gasteiger partial charge in [0.05, 0.1) is 0 Å². The topological polar surface area (TPSA) is 38.3 Å². The lowest BCUT2D eigenvalue weighted by atomic mass is 9.99. The molecule has 1 aliphatic rings. The van der Waals surface area contributed by atoms with Gasteiger partial charge in [0, 0.05) is 35.9 Å². The fourth-order valence-corrected chi connectivity index (χ4v) is 2.54. The van der Waals surface area contributed by atoms with E-state index < -0.39 is 0 Å². The largest absolute Gasteiger partial charge is 0.381 e. The highest BCUT2D eigenvalue weighted by atomic mass is 16.5. The summed E-state index contributed by atoms with van der Waals surface area (Å²) < 4.78 is 5.29. The average Bonchev–Trinajstić information content (AvgIpc) is 2.62. The fraction of sp³-hybridized carbons (Fsp3) is 0.250. The summed E-state index contributed by atoms with van der Waals surface area (Å²) in [5.41, 5.74) is 2.66. The van der Waals surface area contributed by atoms with Gasteiger partial charge in [0.15, 0.2) is 0 Å². The van der Waals surface area contributed by atoms with Gasteiger partial charge in [-0.3, -0.25) is 4.79 Å². The van der Waals surface area contributed by atoms with Crippen molar-refractivity contribution in [1.29, 1.82) is 0 Å². The van der Waals surface area contributed by atoms with E-state index in [9.17, 15) is 4.79 Å². The van der Waals surface area contributed by atoms with Crippen LogP contribution in [0.2, 0.25) is 0 Å². The van der Waals surface area contributed by atoms with E-state index in [-0.39, 0.29) is 11.8 Å². The van der Waals surface area contributed by atoms with Gasteiger partial charge in [0.25, 0.3) is 0 Å². The fourth-order valence-electron chi connectivity index (χ4n) is 2.54. The number of carbonyl (C=O) groups excluding carboxylic acids is 1. The second-order valence-electron chi connectivity index (χ2n) is 5.57. The van der Waals surface area contributed by atoms with E-state index in [0.717, 1.165) is 29.7 Å². The minimum Gasteiger partial charge on any atom is -0.381 e. The molecule has 1 N–H and O–H groups in total. The van der Waals surface area contributed by atoms with Gasteiger partial charge in [0.1, 0.15) is 0 Å². The minimum absolute atomic E-state index is 0.0443. The van der Waals surface area contributed by atoms with Crippen LogP contribution in [0.5, 0.6) is 0 Å². The molecule has 1 aliphatic heterocycles. The van der Waals surface area contributed by atoms with E-state index in [1.165, 1.54) is 0 Å². The second kappa shape index (κ2) is 7.62. The number of rotatable bonds is 2. The smallest absolute Gasteiger partial charge is 0.227 e. The van der Waals surface area contributed by atoms with Crippen molar-refractivity contribution in [1.82, 2.24) is 0 Å². The Morgan fingerprint density at radius 3 is 2.43 bits per heavy atom. The highest BCUT2D eigenvalue weighted by Gasteiger charge is 2.21. The molecule has 0 unspecified atom stereocenters. The van der Waals surface area contributed by atoms with Gasteiger partial charge in [-0.15, -0.1) is 0 Å².